The van der Waals surface area contributed by atoms with Gasteiger partial charge in [-0.3, -0.25) is 0 Å². The van der Waals surface area contributed by atoms with Gasteiger partial charge in [0.2, 0.25) is 0 Å². The van der Waals surface area contributed by atoms with Crippen molar-refractivity contribution in [3.8, 4) is 0 Å². The summed E-state index contributed by atoms with van der Waals surface area (Å²) in [7, 11) is 0. The molecule has 0 heterocycles. The van der Waals surface area contributed by atoms with Gasteiger partial charge in [0.1, 0.15) is 0 Å². The van der Waals surface area contributed by atoms with Crippen molar-refractivity contribution in [2.75, 3.05) is 0 Å². The number of rotatable bonds is 0. The predicted octanol–water partition coefficient (Wildman–Crippen LogP) is -6.57. The van der Waals surface area contributed by atoms with Gasteiger partial charge >= 0.3 is 59.1 Å². The summed E-state index contributed by atoms with van der Waals surface area (Å²) < 4.78 is 15.4. The van der Waals surface area contributed by atoms with E-state index in [4.69, 9.17) is 9.32 Å². The Balaban J connectivity index is -0.00000000267. The average Bonchev–Trinajstić information content (AvgIpc) is 1.50. The van der Waals surface area contributed by atoms with Crippen molar-refractivity contribution in [2.24, 2.45) is 0 Å². The van der Waals surface area contributed by atoms with Crippen LogP contribution < -0.4 is 68.4 Å². The first-order chi connectivity index (χ1) is 2.00. The molecule has 7 heavy (non-hydrogen) atoms. The molecule has 0 bridgehead atoms. The molecule has 0 aromatic heterocycles. The smallest absolute Gasteiger partial charge is 0.769 e. The fourth-order valence-corrected chi connectivity index (χ4v) is 0. The fraction of sp³-hybridized carbons (Fsp3) is 0. The van der Waals surface area contributed by atoms with E-state index in [2.05, 4.69) is 23.7 Å². The molecule has 0 unspecified atom stereocenters. The van der Waals surface area contributed by atoms with Gasteiger partial charge < -0.3 is 9.32 Å². The first-order valence-electron chi connectivity index (χ1n) is 0.309. The van der Waals surface area contributed by atoms with E-state index in [1.54, 1.807) is 0 Å². The molecular formula is HCl3Na2O2. The third kappa shape index (κ3) is 52.1. The molecule has 0 fully saturated rings. The van der Waals surface area contributed by atoms with Gasteiger partial charge in [0, 0.05) is 0 Å². The number of halogens is 3. The summed E-state index contributed by atoms with van der Waals surface area (Å²) in [6.45, 7) is 0. The van der Waals surface area contributed by atoms with Crippen LogP contribution in [0.15, 0.2) is 0 Å². The molecule has 0 saturated carbocycles. The Morgan fingerprint density at radius 1 is 0.714 bits per heavy atom. The number of hydrogen-bond donors (Lipinski definition) is 0. The van der Waals surface area contributed by atoms with E-state index in [-0.39, 0.29) is 71.5 Å². The predicted molar refractivity (Wildman–Crippen MR) is 19.0 cm³/mol. The Morgan fingerprint density at radius 2 is 0.714 bits per heavy atom. The van der Waals surface area contributed by atoms with Gasteiger partial charge in [-0.25, -0.2) is 23.7 Å². The Morgan fingerprint density at radius 3 is 0.714 bits per heavy atom. The van der Waals surface area contributed by atoms with E-state index in [1.807, 2.05) is 0 Å². The SMILES string of the molecule is Cl.[Na+].[Na+].[O-]Cl.[O-]Cl. The van der Waals surface area contributed by atoms with E-state index in [0.717, 1.165) is 0 Å². The van der Waals surface area contributed by atoms with Gasteiger partial charge in [0.15, 0.2) is 0 Å². The molecule has 0 atom stereocenters. The molecule has 0 aliphatic heterocycles. The Bertz CT molecular complexity index is 10.9. The first kappa shape index (κ1) is 33.0. The standard InChI is InChI=1S/2ClO.ClH.2Na/c2*1-2;;;/h;;1H;;/q2*-1;;2*+1. The maximum atomic E-state index is 7.72. The summed E-state index contributed by atoms with van der Waals surface area (Å²) in [5.41, 5.74) is 0. The van der Waals surface area contributed by atoms with Crippen molar-refractivity contribution in [2.45, 2.75) is 0 Å². The molecule has 0 aliphatic rings. The molecule has 0 N–H and O–H groups in total. The van der Waals surface area contributed by atoms with Crippen LogP contribution in [0.25, 0.3) is 0 Å². The summed E-state index contributed by atoms with van der Waals surface area (Å²) in [5.74, 6) is 0. The minimum atomic E-state index is 0. The van der Waals surface area contributed by atoms with E-state index in [9.17, 15) is 0 Å². The monoisotopic (exact) mass is 184 g/mol. The van der Waals surface area contributed by atoms with E-state index >= 15 is 0 Å². The van der Waals surface area contributed by atoms with Crippen molar-refractivity contribution in [1.82, 2.24) is 0 Å². The maximum Gasteiger partial charge on any atom is 1.00 e. The molecule has 0 spiro atoms. The zero-order valence-electron chi connectivity index (χ0n) is 3.98. The molecule has 7 heteroatoms. The van der Waals surface area contributed by atoms with Crippen LogP contribution in [0.3, 0.4) is 0 Å². The molecule has 0 amide bonds. The Hall–Kier alpha value is 2.79. The Kier molecular flexibility index (Phi) is 323. The second-order valence-corrected chi connectivity index (χ2v) is 0. The summed E-state index contributed by atoms with van der Waals surface area (Å²) in [5, 5.41) is 0. The van der Waals surface area contributed by atoms with Crippen molar-refractivity contribution < 1.29 is 68.4 Å². The molecule has 36 valence electrons. The molecule has 2 nitrogen and oxygen atoms in total. The Labute approximate surface area is 103 Å². The van der Waals surface area contributed by atoms with Gasteiger partial charge in [-0.2, -0.15) is 0 Å². The minimum Gasteiger partial charge on any atom is -0.769 e. The second-order valence-electron chi connectivity index (χ2n) is 0. The van der Waals surface area contributed by atoms with Crippen LogP contribution in [0.5, 0.6) is 0 Å². The van der Waals surface area contributed by atoms with Gasteiger partial charge in [0.05, 0.1) is 0 Å². The average molecular weight is 185 g/mol. The largest absolute Gasteiger partial charge is 1.00 e. The maximum absolute atomic E-state index is 7.72. The van der Waals surface area contributed by atoms with E-state index in [0.29, 0.717) is 0 Å². The van der Waals surface area contributed by atoms with Crippen molar-refractivity contribution in [1.29, 1.82) is 0 Å². The van der Waals surface area contributed by atoms with Gasteiger partial charge in [-0.05, 0) is 0 Å². The third-order valence-electron chi connectivity index (χ3n) is 0. The zero-order valence-corrected chi connectivity index (χ0v) is 10.3. The van der Waals surface area contributed by atoms with Crippen LogP contribution in [0, 0.1) is 0 Å². The van der Waals surface area contributed by atoms with Crippen LogP contribution in [0.2, 0.25) is 0 Å². The van der Waals surface area contributed by atoms with E-state index < -0.39 is 0 Å². The molecule has 0 aromatic rings. The molecule has 0 saturated heterocycles. The van der Waals surface area contributed by atoms with Gasteiger partial charge in [-0.15, -0.1) is 12.4 Å². The molecule has 0 radical (unpaired) electrons. The van der Waals surface area contributed by atoms with E-state index in [1.165, 1.54) is 0 Å². The van der Waals surface area contributed by atoms with Gasteiger partial charge in [-0.1, -0.05) is 0 Å². The fourth-order valence-electron chi connectivity index (χ4n) is 0. The number of hydrogen-bond acceptors (Lipinski definition) is 2. The van der Waals surface area contributed by atoms with Crippen LogP contribution >= 0.6 is 36.1 Å². The van der Waals surface area contributed by atoms with Crippen LogP contribution in [0.4, 0.5) is 0 Å². The van der Waals surface area contributed by atoms with Gasteiger partial charge in [0.25, 0.3) is 0 Å². The quantitative estimate of drug-likeness (QED) is 0.352. The molecule has 0 aromatic carbocycles. The minimum absolute atomic E-state index is 0. The van der Waals surface area contributed by atoms with Crippen molar-refractivity contribution >= 4 is 36.1 Å². The first-order valence-corrected chi connectivity index (χ1v) is 0.926. The third-order valence-corrected chi connectivity index (χ3v) is 0. The van der Waals surface area contributed by atoms with Crippen molar-refractivity contribution in [3.05, 3.63) is 0 Å². The second kappa shape index (κ2) is 68.5. The zero-order chi connectivity index (χ0) is 4.00. The normalized spacial score (nSPS) is 1.71. The molecular weight excluding hydrogens is 184 g/mol. The van der Waals surface area contributed by atoms with Crippen LogP contribution in [-0.2, 0) is 0 Å². The summed E-state index contributed by atoms with van der Waals surface area (Å²) in [6, 6.07) is 0. The topological polar surface area (TPSA) is 46.1 Å². The summed E-state index contributed by atoms with van der Waals surface area (Å²) in [4.78, 5) is 0. The van der Waals surface area contributed by atoms with Crippen molar-refractivity contribution in [3.63, 3.8) is 0 Å². The molecule has 0 rings (SSSR count). The van der Waals surface area contributed by atoms with Crippen LogP contribution in [-0.4, -0.2) is 0 Å². The molecule has 0 aliphatic carbocycles. The summed E-state index contributed by atoms with van der Waals surface area (Å²) in [6.07, 6.45) is 0. The van der Waals surface area contributed by atoms with Crippen LogP contribution in [0.1, 0.15) is 0 Å². The summed E-state index contributed by atoms with van der Waals surface area (Å²) >= 11 is 6.78.